The fourth-order valence-electron chi connectivity index (χ4n) is 5.06. The Labute approximate surface area is 243 Å². The third-order valence-corrected chi connectivity index (χ3v) is 8.79. The fourth-order valence-corrected chi connectivity index (χ4v) is 5.87. The van der Waals surface area contributed by atoms with Crippen molar-refractivity contribution in [2.75, 3.05) is 6.54 Å². The Hall–Kier alpha value is -3.18. The number of hydrogen-bond acceptors (Lipinski definition) is 7. The number of carbonyl (C=O) groups is 4. The Morgan fingerprint density at radius 1 is 1.17 bits per heavy atom. The lowest BCUT2D eigenvalue weighted by molar-refractivity contribution is -0.145. The van der Waals surface area contributed by atoms with Crippen molar-refractivity contribution >= 4 is 34.8 Å². The first-order chi connectivity index (χ1) is 19.2. The van der Waals surface area contributed by atoms with E-state index in [0.29, 0.717) is 6.42 Å². The quantitative estimate of drug-likeness (QED) is 0.390. The molecule has 2 heterocycles. The average Bonchev–Trinajstić information content (AvgIpc) is 3.33. The third kappa shape index (κ3) is 7.01. The molecule has 222 valence electrons. The van der Waals surface area contributed by atoms with Gasteiger partial charge in [-0.2, -0.15) is 0 Å². The molecule has 1 aliphatic heterocycles. The van der Waals surface area contributed by atoms with Gasteiger partial charge in [0.2, 0.25) is 11.8 Å². The molecular formula is C30H39FN4O5S. The number of halogens is 1. The van der Waals surface area contributed by atoms with Gasteiger partial charge < -0.3 is 20.6 Å². The molecule has 1 aromatic carbocycles. The van der Waals surface area contributed by atoms with Gasteiger partial charge in [0.15, 0.2) is 5.67 Å². The second-order valence-electron chi connectivity index (χ2n) is 12.2. The number of carbonyl (C=O) groups excluding carboxylic acids is 4. The van der Waals surface area contributed by atoms with Crippen molar-refractivity contribution in [1.82, 2.24) is 20.5 Å². The molecule has 1 aromatic heterocycles. The number of rotatable bonds is 10. The Balaban J connectivity index is 1.54. The highest BCUT2D eigenvalue weighted by Gasteiger charge is 2.53. The molecule has 1 saturated heterocycles. The van der Waals surface area contributed by atoms with Crippen molar-refractivity contribution in [2.24, 2.45) is 5.41 Å². The van der Waals surface area contributed by atoms with E-state index in [1.54, 1.807) is 33.2 Å². The number of alkyl halides is 1. The largest absolute Gasteiger partial charge is 0.391 e. The van der Waals surface area contributed by atoms with Crippen molar-refractivity contribution in [3.63, 3.8) is 0 Å². The van der Waals surface area contributed by atoms with Gasteiger partial charge in [-0.05, 0) is 36.3 Å². The first kappa shape index (κ1) is 30.8. The van der Waals surface area contributed by atoms with Crippen molar-refractivity contribution in [1.29, 1.82) is 0 Å². The van der Waals surface area contributed by atoms with Crippen LogP contribution in [0.4, 0.5) is 4.39 Å². The number of nitrogens with one attached hydrogen (secondary N) is 2. The maximum Gasteiger partial charge on any atom is 0.258 e. The summed E-state index contributed by atoms with van der Waals surface area (Å²) in [6, 6.07) is 4.83. The predicted octanol–water partition coefficient (Wildman–Crippen LogP) is 3.64. The van der Waals surface area contributed by atoms with Crippen molar-refractivity contribution in [2.45, 2.75) is 96.6 Å². The number of β-amino-alcohol motifs (C(OH)–C–C–N with tert-alkyl or cyclic N) is 1. The lowest BCUT2D eigenvalue weighted by atomic mass is 9.85. The highest BCUT2D eigenvalue weighted by Crippen LogP contribution is 2.40. The van der Waals surface area contributed by atoms with Crippen LogP contribution in [0.25, 0.3) is 10.4 Å². The summed E-state index contributed by atoms with van der Waals surface area (Å²) < 4.78 is 14.4. The second-order valence-corrected chi connectivity index (χ2v) is 13.0. The highest BCUT2D eigenvalue weighted by atomic mass is 32.1. The van der Waals surface area contributed by atoms with E-state index in [-0.39, 0.29) is 38.0 Å². The van der Waals surface area contributed by atoms with Gasteiger partial charge in [-0.15, -0.1) is 11.3 Å². The first-order valence-corrected chi connectivity index (χ1v) is 14.9. The van der Waals surface area contributed by atoms with Crippen LogP contribution in [0.2, 0.25) is 0 Å². The monoisotopic (exact) mass is 586 g/mol. The number of amides is 3. The molecule has 1 saturated carbocycles. The molecule has 3 amide bonds. The second kappa shape index (κ2) is 12.0. The van der Waals surface area contributed by atoms with E-state index < -0.39 is 53.0 Å². The SMILES string of the molecule is CCC(=O)C[C@H](NC(=O)[C@@H]1C[C@@H](O)CN1C(=O)[C@@H](NC(=O)C1(F)CC1)C(C)(C)C)c1ccc(-c2scnc2C)cc1. The van der Waals surface area contributed by atoms with E-state index in [1.807, 2.05) is 31.2 Å². The van der Waals surface area contributed by atoms with Crippen LogP contribution in [0, 0.1) is 12.3 Å². The van der Waals surface area contributed by atoms with Gasteiger partial charge in [0.05, 0.1) is 28.2 Å². The van der Waals surface area contributed by atoms with E-state index in [0.717, 1.165) is 21.7 Å². The number of thiazole rings is 1. The van der Waals surface area contributed by atoms with Gasteiger partial charge in [0.1, 0.15) is 17.9 Å². The number of benzene rings is 1. The molecule has 0 bridgehead atoms. The van der Waals surface area contributed by atoms with E-state index >= 15 is 0 Å². The summed E-state index contributed by atoms with van der Waals surface area (Å²) in [5.74, 6) is -1.93. The Bertz CT molecular complexity index is 1300. The van der Waals surface area contributed by atoms with Gasteiger partial charge in [-0.25, -0.2) is 9.37 Å². The molecule has 0 unspecified atom stereocenters. The van der Waals surface area contributed by atoms with Crippen LogP contribution < -0.4 is 10.6 Å². The molecule has 0 spiro atoms. The fraction of sp³-hybridized carbons (Fsp3) is 0.567. The minimum atomic E-state index is -1.96. The normalized spacial score (nSPS) is 21.2. The van der Waals surface area contributed by atoms with Crippen LogP contribution >= 0.6 is 11.3 Å². The first-order valence-electron chi connectivity index (χ1n) is 14.0. The third-order valence-electron chi connectivity index (χ3n) is 7.81. The molecule has 0 radical (unpaired) electrons. The lowest BCUT2D eigenvalue weighted by Gasteiger charge is -2.36. The molecular weight excluding hydrogens is 547 g/mol. The van der Waals surface area contributed by atoms with Crippen LogP contribution in [-0.4, -0.2) is 68.9 Å². The molecule has 41 heavy (non-hydrogen) atoms. The summed E-state index contributed by atoms with van der Waals surface area (Å²) in [5, 5.41) is 16.0. The molecule has 2 aromatic rings. The zero-order chi connectivity index (χ0) is 30.1. The van der Waals surface area contributed by atoms with Gasteiger partial charge in [0.25, 0.3) is 5.91 Å². The minimum Gasteiger partial charge on any atom is -0.391 e. The number of ketones is 1. The van der Waals surface area contributed by atoms with Crippen LogP contribution in [0.1, 0.15) is 77.1 Å². The molecule has 11 heteroatoms. The molecule has 9 nitrogen and oxygen atoms in total. The maximum atomic E-state index is 14.4. The van der Waals surface area contributed by atoms with Crippen molar-refractivity contribution in [3.05, 3.63) is 41.0 Å². The number of likely N-dealkylation sites (tertiary alicyclic amines) is 1. The summed E-state index contributed by atoms with van der Waals surface area (Å²) in [6.45, 7) is 8.84. The maximum absolute atomic E-state index is 14.4. The zero-order valence-corrected chi connectivity index (χ0v) is 25.0. The topological polar surface area (TPSA) is 129 Å². The summed E-state index contributed by atoms with van der Waals surface area (Å²) in [6.07, 6.45) is -0.336. The summed E-state index contributed by atoms with van der Waals surface area (Å²) in [4.78, 5) is 59.0. The zero-order valence-electron chi connectivity index (χ0n) is 24.2. The molecule has 1 aliphatic carbocycles. The Morgan fingerprint density at radius 2 is 1.83 bits per heavy atom. The number of nitrogens with zero attached hydrogens (tertiary/aromatic N) is 2. The van der Waals surface area contributed by atoms with Gasteiger partial charge in [-0.1, -0.05) is 52.0 Å². The smallest absolute Gasteiger partial charge is 0.258 e. The Morgan fingerprint density at radius 3 is 2.37 bits per heavy atom. The van der Waals surface area contributed by atoms with Crippen LogP contribution in [-0.2, 0) is 19.2 Å². The summed E-state index contributed by atoms with van der Waals surface area (Å²) in [7, 11) is 0. The minimum absolute atomic E-state index is 0.00741. The Kier molecular flexibility index (Phi) is 8.98. The van der Waals surface area contributed by atoms with Crippen LogP contribution in [0.15, 0.2) is 29.8 Å². The molecule has 4 rings (SSSR count). The molecule has 2 fully saturated rings. The lowest BCUT2D eigenvalue weighted by Crippen LogP contribution is -2.59. The van der Waals surface area contributed by atoms with E-state index in [1.165, 1.54) is 16.2 Å². The molecule has 3 N–H and O–H groups in total. The number of Topliss-reactive ketones (excluding diaryl/α,β-unsaturated/α-hetero) is 1. The van der Waals surface area contributed by atoms with E-state index in [4.69, 9.17) is 0 Å². The van der Waals surface area contributed by atoms with Crippen LogP contribution in [0.5, 0.6) is 0 Å². The van der Waals surface area contributed by atoms with Crippen molar-refractivity contribution in [3.8, 4) is 10.4 Å². The van der Waals surface area contributed by atoms with E-state index in [2.05, 4.69) is 15.6 Å². The van der Waals surface area contributed by atoms with Gasteiger partial charge >= 0.3 is 0 Å². The average molecular weight is 587 g/mol. The standard InChI is InChI=1S/C30H39FN4O5S/c1-6-20(36)13-22(18-7-9-19(10-8-18)24-17(2)32-16-41-24)33-26(38)23-14-21(37)15-35(23)27(39)25(29(3,4)5)34-28(40)30(31)11-12-30/h7-10,16,21-23,25,37H,6,11-15H2,1-5H3,(H,33,38)(H,34,40)/t21-,22+,23+,25-/m1/s1. The predicted molar refractivity (Wildman–Crippen MR) is 154 cm³/mol. The van der Waals surface area contributed by atoms with Gasteiger partial charge in [0, 0.05) is 25.8 Å². The molecule has 4 atom stereocenters. The number of hydrogen-bond donors (Lipinski definition) is 3. The van der Waals surface area contributed by atoms with Gasteiger partial charge in [-0.3, -0.25) is 19.2 Å². The highest BCUT2D eigenvalue weighted by molar-refractivity contribution is 7.13. The van der Waals surface area contributed by atoms with Crippen molar-refractivity contribution < 1.29 is 28.7 Å². The van der Waals surface area contributed by atoms with E-state index in [9.17, 15) is 28.7 Å². The number of aliphatic hydroxyl groups excluding tert-OH is 1. The van der Waals surface area contributed by atoms with Crippen LogP contribution in [0.3, 0.4) is 0 Å². The summed E-state index contributed by atoms with van der Waals surface area (Å²) >= 11 is 1.53. The number of aromatic nitrogens is 1. The number of aryl methyl sites for hydroxylation is 1. The number of aliphatic hydroxyl groups is 1. The molecule has 2 aliphatic rings. The summed E-state index contributed by atoms with van der Waals surface area (Å²) in [5.41, 5.74) is 1.68.